The third-order valence-electron chi connectivity index (χ3n) is 2.34. The molecular formula is C13H13BrClNS2. The molecule has 1 nitrogen and oxygen atoms in total. The van der Waals surface area contributed by atoms with Crippen molar-refractivity contribution in [2.24, 2.45) is 0 Å². The van der Waals surface area contributed by atoms with Gasteiger partial charge in [-0.2, -0.15) is 0 Å². The molecular weight excluding hydrogens is 350 g/mol. The number of halogens is 2. The van der Waals surface area contributed by atoms with E-state index in [-0.39, 0.29) is 0 Å². The lowest BCUT2D eigenvalue weighted by molar-refractivity contribution is 0.893. The number of thiazole rings is 1. The number of benzene rings is 1. The van der Waals surface area contributed by atoms with Crippen LogP contribution in [0.25, 0.3) is 0 Å². The number of hydrogen-bond donors (Lipinski definition) is 0. The Hall–Kier alpha value is -0.0300. The average Bonchev–Trinajstić information content (AvgIpc) is 2.84. The molecule has 0 spiro atoms. The highest BCUT2D eigenvalue weighted by atomic mass is 79.9. The Morgan fingerprint density at radius 2 is 2.06 bits per heavy atom. The molecule has 0 bridgehead atoms. The molecule has 0 radical (unpaired) electrons. The standard InChI is InChI=1S/C13H13BrClNS2/c14-10-3-5-12(6-4-10)17-9-13-16-11(8-18-13)2-1-7-15/h3-6,8H,1-2,7,9H2. The van der Waals surface area contributed by atoms with Crippen LogP contribution in [0, 0.1) is 0 Å². The maximum atomic E-state index is 5.68. The summed E-state index contributed by atoms with van der Waals surface area (Å²) >= 11 is 12.7. The van der Waals surface area contributed by atoms with Crippen molar-refractivity contribution in [1.82, 2.24) is 4.98 Å². The van der Waals surface area contributed by atoms with E-state index in [9.17, 15) is 0 Å². The van der Waals surface area contributed by atoms with E-state index in [1.54, 1.807) is 11.3 Å². The second-order valence-electron chi connectivity index (χ2n) is 3.77. The SMILES string of the molecule is ClCCCc1csc(CSc2ccc(Br)cc2)n1. The average molecular weight is 363 g/mol. The molecule has 18 heavy (non-hydrogen) atoms. The van der Waals surface area contributed by atoms with Crippen LogP contribution < -0.4 is 0 Å². The Morgan fingerprint density at radius 1 is 1.28 bits per heavy atom. The van der Waals surface area contributed by atoms with Crippen LogP contribution in [0.2, 0.25) is 0 Å². The van der Waals surface area contributed by atoms with Gasteiger partial charge in [-0.15, -0.1) is 34.7 Å². The lowest BCUT2D eigenvalue weighted by Crippen LogP contribution is -1.87. The second-order valence-corrected chi connectivity index (χ2v) is 7.05. The van der Waals surface area contributed by atoms with Gasteiger partial charge >= 0.3 is 0 Å². The predicted molar refractivity (Wildman–Crippen MR) is 84.9 cm³/mol. The fourth-order valence-corrected chi connectivity index (χ4v) is 3.60. The molecule has 0 amide bonds. The first-order valence-corrected chi connectivity index (χ1v) is 8.85. The third kappa shape index (κ3) is 4.57. The van der Waals surface area contributed by atoms with E-state index in [0.29, 0.717) is 5.88 Å². The van der Waals surface area contributed by atoms with Crippen LogP contribution in [-0.2, 0) is 12.2 Å². The van der Waals surface area contributed by atoms with Gasteiger partial charge in [-0.25, -0.2) is 4.98 Å². The number of alkyl halides is 1. The normalized spacial score (nSPS) is 10.8. The van der Waals surface area contributed by atoms with Crippen LogP contribution in [0.3, 0.4) is 0 Å². The van der Waals surface area contributed by atoms with Crippen molar-refractivity contribution in [2.45, 2.75) is 23.5 Å². The van der Waals surface area contributed by atoms with E-state index in [0.717, 1.165) is 23.1 Å². The molecule has 0 N–H and O–H groups in total. The summed E-state index contributed by atoms with van der Waals surface area (Å²) in [6.07, 6.45) is 1.99. The van der Waals surface area contributed by atoms with Crippen LogP contribution >= 0.6 is 50.6 Å². The Morgan fingerprint density at radius 3 is 2.78 bits per heavy atom. The summed E-state index contributed by atoms with van der Waals surface area (Å²) in [5.74, 6) is 1.65. The summed E-state index contributed by atoms with van der Waals surface area (Å²) in [7, 11) is 0. The molecule has 0 unspecified atom stereocenters. The molecule has 1 heterocycles. The highest BCUT2D eigenvalue weighted by Crippen LogP contribution is 2.26. The van der Waals surface area contributed by atoms with Gasteiger partial charge in [0.15, 0.2) is 0 Å². The molecule has 0 aliphatic rings. The van der Waals surface area contributed by atoms with Crippen molar-refractivity contribution in [3.63, 3.8) is 0 Å². The van der Waals surface area contributed by atoms with Crippen molar-refractivity contribution in [2.75, 3.05) is 5.88 Å². The lowest BCUT2D eigenvalue weighted by atomic mass is 10.3. The first kappa shape index (κ1) is 14.4. The predicted octanol–water partition coefficient (Wildman–Crippen LogP) is 5.37. The molecule has 0 aliphatic heterocycles. The van der Waals surface area contributed by atoms with Gasteiger partial charge in [0.05, 0.1) is 11.4 Å². The fourth-order valence-electron chi connectivity index (χ4n) is 1.45. The van der Waals surface area contributed by atoms with Crippen LogP contribution in [0.15, 0.2) is 39.0 Å². The number of rotatable bonds is 6. The summed E-state index contributed by atoms with van der Waals surface area (Å²) in [6, 6.07) is 8.37. The van der Waals surface area contributed by atoms with E-state index in [1.165, 1.54) is 15.6 Å². The quantitative estimate of drug-likeness (QED) is 0.506. The maximum absolute atomic E-state index is 5.68. The van der Waals surface area contributed by atoms with Crippen molar-refractivity contribution in [3.05, 3.63) is 44.8 Å². The highest BCUT2D eigenvalue weighted by Gasteiger charge is 2.03. The largest absolute Gasteiger partial charge is 0.245 e. The van der Waals surface area contributed by atoms with Gasteiger partial charge < -0.3 is 0 Å². The Labute approximate surface area is 129 Å². The van der Waals surface area contributed by atoms with Gasteiger partial charge in [0, 0.05) is 20.6 Å². The molecule has 96 valence electrons. The van der Waals surface area contributed by atoms with Crippen molar-refractivity contribution in [3.8, 4) is 0 Å². The minimum Gasteiger partial charge on any atom is -0.245 e. The van der Waals surface area contributed by atoms with E-state index in [1.807, 2.05) is 11.8 Å². The molecule has 0 atom stereocenters. The smallest absolute Gasteiger partial charge is 0.103 e. The van der Waals surface area contributed by atoms with Gasteiger partial charge in [0.2, 0.25) is 0 Å². The fraction of sp³-hybridized carbons (Fsp3) is 0.308. The van der Waals surface area contributed by atoms with Gasteiger partial charge in [0.1, 0.15) is 5.01 Å². The summed E-state index contributed by atoms with van der Waals surface area (Å²) in [4.78, 5) is 5.88. The molecule has 1 aromatic heterocycles. The number of thioether (sulfide) groups is 1. The topological polar surface area (TPSA) is 12.9 Å². The van der Waals surface area contributed by atoms with Crippen molar-refractivity contribution < 1.29 is 0 Å². The first-order chi connectivity index (χ1) is 8.78. The van der Waals surface area contributed by atoms with Crippen molar-refractivity contribution >= 4 is 50.6 Å². The lowest BCUT2D eigenvalue weighted by Gasteiger charge is -1.99. The van der Waals surface area contributed by atoms with Gasteiger partial charge in [-0.3, -0.25) is 0 Å². The number of nitrogens with zero attached hydrogens (tertiary/aromatic N) is 1. The summed E-state index contributed by atoms with van der Waals surface area (Å²) in [5, 5.41) is 3.33. The number of hydrogen-bond acceptors (Lipinski definition) is 3. The molecule has 2 aromatic rings. The Bertz CT molecular complexity index is 484. The van der Waals surface area contributed by atoms with Crippen LogP contribution in [-0.4, -0.2) is 10.9 Å². The Kier molecular flexibility index (Phi) is 6.02. The summed E-state index contributed by atoms with van der Waals surface area (Å²) < 4.78 is 1.12. The number of aromatic nitrogens is 1. The number of aryl methyl sites for hydroxylation is 1. The third-order valence-corrected chi connectivity index (χ3v) is 5.24. The molecule has 0 saturated heterocycles. The van der Waals surface area contributed by atoms with E-state index in [4.69, 9.17) is 11.6 Å². The molecule has 1 aromatic carbocycles. The zero-order valence-electron chi connectivity index (χ0n) is 9.73. The monoisotopic (exact) mass is 361 g/mol. The van der Waals surface area contributed by atoms with Gasteiger partial charge in [0.25, 0.3) is 0 Å². The molecule has 0 aliphatic carbocycles. The first-order valence-electron chi connectivity index (χ1n) is 5.65. The molecule has 2 rings (SSSR count). The second kappa shape index (κ2) is 7.53. The highest BCUT2D eigenvalue weighted by molar-refractivity contribution is 9.10. The van der Waals surface area contributed by atoms with E-state index < -0.39 is 0 Å². The van der Waals surface area contributed by atoms with Crippen LogP contribution in [0.1, 0.15) is 17.1 Å². The zero-order chi connectivity index (χ0) is 12.8. The van der Waals surface area contributed by atoms with E-state index >= 15 is 0 Å². The zero-order valence-corrected chi connectivity index (χ0v) is 13.7. The van der Waals surface area contributed by atoms with Gasteiger partial charge in [-0.05, 0) is 37.1 Å². The van der Waals surface area contributed by atoms with Crippen LogP contribution in [0.5, 0.6) is 0 Å². The molecule has 5 heteroatoms. The van der Waals surface area contributed by atoms with Crippen LogP contribution in [0.4, 0.5) is 0 Å². The summed E-state index contributed by atoms with van der Waals surface area (Å²) in [5.41, 5.74) is 1.17. The maximum Gasteiger partial charge on any atom is 0.103 e. The molecule has 0 saturated carbocycles. The summed E-state index contributed by atoms with van der Waals surface area (Å²) in [6.45, 7) is 0. The molecule has 0 fully saturated rings. The minimum atomic E-state index is 0.709. The van der Waals surface area contributed by atoms with Crippen molar-refractivity contribution in [1.29, 1.82) is 0 Å². The van der Waals surface area contributed by atoms with Gasteiger partial charge in [-0.1, -0.05) is 15.9 Å². The van der Waals surface area contributed by atoms with E-state index in [2.05, 4.69) is 50.6 Å². The Balaban J connectivity index is 1.86. The minimum absolute atomic E-state index is 0.709.